The van der Waals surface area contributed by atoms with Gasteiger partial charge in [0.05, 0.1) is 5.41 Å². The molecule has 15 rings (SSSR count). The lowest BCUT2D eigenvalue weighted by Gasteiger charge is -2.35. The Labute approximate surface area is 593 Å². The molecule has 0 aliphatic heterocycles. The summed E-state index contributed by atoms with van der Waals surface area (Å²) >= 11 is 0. The number of rotatable bonds is 18. The maximum Gasteiger partial charge on any atom is 0.0713 e. The fourth-order valence-corrected chi connectivity index (χ4v) is 15.3. The molecule has 100 heavy (non-hydrogen) atoms. The van der Waals surface area contributed by atoms with Crippen LogP contribution in [0.15, 0.2) is 315 Å². The summed E-state index contributed by atoms with van der Waals surface area (Å²) in [5, 5.41) is 4.88. The summed E-state index contributed by atoms with van der Waals surface area (Å²) in [6.07, 6.45) is 6.10. The minimum absolute atomic E-state index is 0.0491. The second-order valence-electron chi connectivity index (χ2n) is 29.8. The van der Waals surface area contributed by atoms with Crippen LogP contribution < -0.4 is 14.7 Å². The number of aryl methyl sites for hydroxylation is 3. The summed E-state index contributed by atoms with van der Waals surface area (Å²) in [7, 11) is 0. The van der Waals surface area contributed by atoms with Crippen LogP contribution in [0.4, 0.5) is 51.2 Å². The molecule has 0 atom stereocenters. The summed E-state index contributed by atoms with van der Waals surface area (Å²) in [5.74, 6) is 0. The average molecular weight is 1300 g/mol. The summed E-state index contributed by atoms with van der Waals surface area (Å²) < 4.78 is 0. The highest BCUT2D eigenvalue weighted by molar-refractivity contribution is 5.93. The Morgan fingerprint density at radius 2 is 0.590 bits per heavy atom. The van der Waals surface area contributed by atoms with Gasteiger partial charge in [-0.05, 0) is 241 Å². The topological polar surface area (TPSA) is 9.72 Å². The van der Waals surface area contributed by atoms with E-state index in [1.54, 1.807) is 0 Å². The van der Waals surface area contributed by atoms with E-state index in [1.165, 1.54) is 108 Å². The molecule has 0 saturated heterocycles. The smallest absolute Gasteiger partial charge is 0.0713 e. The molecular formula is C97H89N3. The van der Waals surface area contributed by atoms with Crippen molar-refractivity contribution in [3.63, 3.8) is 0 Å². The van der Waals surface area contributed by atoms with E-state index in [9.17, 15) is 0 Å². The first kappa shape index (κ1) is 65.0. The van der Waals surface area contributed by atoms with Crippen molar-refractivity contribution < 1.29 is 0 Å². The third-order valence-electron chi connectivity index (χ3n) is 20.8. The molecule has 1 aliphatic carbocycles. The summed E-state index contributed by atoms with van der Waals surface area (Å²) in [6, 6.07) is 119. The molecule has 0 N–H and O–H groups in total. The van der Waals surface area contributed by atoms with Crippen LogP contribution in [0.5, 0.6) is 0 Å². The normalized spacial score (nSPS) is 12.5. The molecule has 3 heteroatoms. The van der Waals surface area contributed by atoms with Gasteiger partial charge in [0.25, 0.3) is 0 Å². The minimum Gasteiger partial charge on any atom is -0.311 e. The number of hydrogen-bond donors (Lipinski definition) is 0. The van der Waals surface area contributed by atoms with Crippen molar-refractivity contribution in [3.05, 3.63) is 366 Å². The van der Waals surface area contributed by atoms with Crippen LogP contribution in [0.2, 0.25) is 0 Å². The number of unbranched alkanes of at least 4 members (excludes halogenated alkanes) is 3. The fourth-order valence-electron chi connectivity index (χ4n) is 15.3. The Morgan fingerprint density at radius 3 is 0.940 bits per heavy atom. The van der Waals surface area contributed by atoms with Gasteiger partial charge < -0.3 is 14.7 Å². The Kier molecular flexibility index (Phi) is 17.6. The van der Waals surface area contributed by atoms with Crippen molar-refractivity contribution in [3.8, 4) is 33.4 Å². The molecule has 0 radical (unpaired) electrons. The van der Waals surface area contributed by atoms with Crippen molar-refractivity contribution in [2.75, 3.05) is 14.7 Å². The Balaban J connectivity index is 0.800. The molecule has 1 aliphatic rings. The third-order valence-corrected chi connectivity index (χ3v) is 20.8. The Morgan fingerprint density at radius 1 is 0.280 bits per heavy atom. The second-order valence-corrected chi connectivity index (χ2v) is 29.8. The predicted molar refractivity (Wildman–Crippen MR) is 428 cm³/mol. The number of fused-ring (bicyclic) bond motifs is 5. The Hall–Kier alpha value is -11.0. The highest BCUT2D eigenvalue weighted by Crippen LogP contribution is 2.57. The summed E-state index contributed by atoms with van der Waals surface area (Å²) in [4.78, 5) is 7.18. The van der Waals surface area contributed by atoms with E-state index in [0.717, 1.165) is 79.9 Å². The van der Waals surface area contributed by atoms with Crippen molar-refractivity contribution in [2.45, 2.75) is 111 Å². The maximum absolute atomic E-state index is 2.45. The SMILES string of the molecule is CCCCCCc1ccc(C2(c3ccc(N(c4ccc(-c5ccc(N(c6ccc(C(C)(C)C)cc6)c6ccc7ccccc7c6)cc5)cc4)c4ccc(-c5ccc(N(c6ccc(C(C)(C)C)cc6)c6ccc7ccccc7c6)cc5)cc4)cc3)c3cc(C)ccc3-c3ccc(C)cc32)cc1. The van der Waals surface area contributed by atoms with Gasteiger partial charge in [0.2, 0.25) is 0 Å². The molecule has 0 amide bonds. The van der Waals surface area contributed by atoms with Crippen LogP contribution in [0.3, 0.4) is 0 Å². The molecule has 0 saturated carbocycles. The highest BCUT2D eigenvalue weighted by atomic mass is 15.2. The lowest BCUT2D eigenvalue weighted by Crippen LogP contribution is -2.29. The molecule has 0 aromatic heterocycles. The van der Waals surface area contributed by atoms with E-state index in [0.29, 0.717) is 0 Å². The van der Waals surface area contributed by atoms with Crippen molar-refractivity contribution in [1.29, 1.82) is 0 Å². The van der Waals surface area contributed by atoms with Crippen LogP contribution >= 0.6 is 0 Å². The van der Waals surface area contributed by atoms with E-state index < -0.39 is 5.41 Å². The molecule has 14 aromatic carbocycles. The highest BCUT2D eigenvalue weighted by Gasteiger charge is 2.46. The van der Waals surface area contributed by atoms with Gasteiger partial charge in [0, 0.05) is 51.2 Å². The monoisotopic (exact) mass is 1300 g/mol. The fraction of sp³-hybridized carbons (Fsp3) is 0.175. The lowest BCUT2D eigenvalue weighted by atomic mass is 9.67. The van der Waals surface area contributed by atoms with Gasteiger partial charge in [-0.25, -0.2) is 0 Å². The number of hydrogen-bond acceptors (Lipinski definition) is 3. The van der Waals surface area contributed by atoms with Crippen LogP contribution in [-0.2, 0) is 22.7 Å². The van der Waals surface area contributed by atoms with Crippen molar-refractivity contribution >= 4 is 72.7 Å². The van der Waals surface area contributed by atoms with Crippen LogP contribution in [0, 0.1) is 13.8 Å². The maximum atomic E-state index is 2.45. The van der Waals surface area contributed by atoms with Crippen LogP contribution in [0.1, 0.15) is 124 Å². The molecular weight excluding hydrogens is 1210 g/mol. The number of anilines is 9. The second kappa shape index (κ2) is 27.0. The largest absolute Gasteiger partial charge is 0.311 e. The van der Waals surface area contributed by atoms with E-state index >= 15 is 0 Å². The van der Waals surface area contributed by atoms with Gasteiger partial charge in [-0.15, -0.1) is 0 Å². The van der Waals surface area contributed by atoms with E-state index in [-0.39, 0.29) is 10.8 Å². The zero-order chi connectivity index (χ0) is 68.7. The minimum atomic E-state index is -0.534. The van der Waals surface area contributed by atoms with Gasteiger partial charge in [0.1, 0.15) is 0 Å². The average Bonchev–Trinajstić information content (AvgIpc) is 1.53. The molecule has 0 heterocycles. The van der Waals surface area contributed by atoms with Crippen molar-refractivity contribution in [1.82, 2.24) is 0 Å². The van der Waals surface area contributed by atoms with E-state index in [1.807, 2.05) is 0 Å². The van der Waals surface area contributed by atoms with Crippen molar-refractivity contribution in [2.24, 2.45) is 0 Å². The first-order valence-electron chi connectivity index (χ1n) is 36.0. The molecule has 3 nitrogen and oxygen atoms in total. The summed E-state index contributed by atoms with van der Waals surface area (Å²) in [6.45, 7) is 20.4. The van der Waals surface area contributed by atoms with E-state index in [2.05, 4.69) is 392 Å². The standard InChI is InChI=1S/C97H89N3/c1-10-11-12-13-18-69-25-37-80(38-26-69)97(93-63-67(2)23-61-91(93)92-62-24-68(3)64-94(92)97)81-43-59-86(60-44-81)98(82-45-27-72(28-46-82)74-31-49-84(50-32-74)99(87-55-39-78(40-56-87)95(4,5)6)89-53-35-70-19-14-16-21-76(70)65-89)83-47-29-73(30-48-83)75-33-51-85(52-34-75)100(88-57-41-79(42-58-88)96(7,8)9)90-54-36-71-20-15-17-22-77(71)66-90/h14-17,19-66H,10-13,18H2,1-9H3. The molecule has 0 unspecified atom stereocenters. The third kappa shape index (κ3) is 12.7. The van der Waals surface area contributed by atoms with Gasteiger partial charge >= 0.3 is 0 Å². The van der Waals surface area contributed by atoms with E-state index in [4.69, 9.17) is 0 Å². The molecule has 0 bridgehead atoms. The first-order chi connectivity index (χ1) is 48.6. The van der Waals surface area contributed by atoms with Gasteiger partial charge in [-0.3, -0.25) is 0 Å². The summed E-state index contributed by atoms with van der Waals surface area (Å²) in [5.41, 5.74) is 28.5. The lowest BCUT2D eigenvalue weighted by molar-refractivity contribution is 0.590. The Bertz CT molecular complexity index is 4930. The zero-order valence-corrected chi connectivity index (χ0v) is 59.4. The number of benzene rings is 14. The van der Waals surface area contributed by atoms with Gasteiger partial charge in [-0.2, -0.15) is 0 Å². The molecule has 492 valence electrons. The quantitative estimate of drug-likeness (QED) is 0.0793. The molecule has 14 aromatic rings. The zero-order valence-electron chi connectivity index (χ0n) is 59.4. The molecule has 0 spiro atoms. The van der Waals surface area contributed by atoms with Gasteiger partial charge in [0.15, 0.2) is 0 Å². The first-order valence-corrected chi connectivity index (χ1v) is 36.0. The van der Waals surface area contributed by atoms with Gasteiger partial charge in [-0.1, -0.05) is 285 Å². The number of nitrogens with zero attached hydrogens (tertiary/aromatic N) is 3. The van der Waals surface area contributed by atoms with Crippen LogP contribution in [0.25, 0.3) is 54.9 Å². The molecule has 0 fully saturated rings. The predicted octanol–water partition coefficient (Wildman–Crippen LogP) is 27.4. The van der Waals surface area contributed by atoms with Crippen LogP contribution in [-0.4, -0.2) is 0 Å².